The molecule has 1 rings (SSSR count). The molecule has 0 saturated carbocycles. The summed E-state index contributed by atoms with van der Waals surface area (Å²) in [7, 11) is 0. The molecule has 20 heavy (non-hydrogen) atoms. The van der Waals surface area contributed by atoms with Crippen molar-refractivity contribution in [3.63, 3.8) is 0 Å². The monoisotopic (exact) mass is 292 g/mol. The molecule has 0 fully saturated rings. The molecule has 0 aliphatic rings. The van der Waals surface area contributed by atoms with Gasteiger partial charge in [0, 0.05) is 6.42 Å². The first kappa shape index (κ1) is 15.8. The van der Waals surface area contributed by atoms with E-state index in [1.807, 2.05) is 0 Å². The Morgan fingerprint density at radius 3 is 2.10 bits per heavy atom. The third kappa shape index (κ3) is 5.17. The Hall–Kier alpha value is -2.25. The van der Waals surface area contributed by atoms with Gasteiger partial charge < -0.3 is 14.9 Å². The average Bonchev–Trinajstić information content (AvgIpc) is 2.28. The molecule has 5 nitrogen and oxygen atoms in total. The first-order chi connectivity index (χ1) is 9.19. The zero-order chi connectivity index (χ0) is 15.3. The van der Waals surface area contributed by atoms with Crippen LogP contribution in [0.2, 0.25) is 0 Å². The number of hydrogen-bond acceptors (Lipinski definition) is 3. The Morgan fingerprint density at radius 1 is 1.15 bits per heavy atom. The van der Waals surface area contributed by atoms with Crippen LogP contribution in [0.3, 0.4) is 0 Å². The first-order valence-corrected chi connectivity index (χ1v) is 5.49. The molecule has 0 amide bonds. The van der Waals surface area contributed by atoms with E-state index in [1.54, 1.807) is 0 Å². The van der Waals surface area contributed by atoms with Crippen molar-refractivity contribution in [2.45, 2.75) is 25.1 Å². The third-order valence-corrected chi connectivity index (χ3v) is 2.46. The maximum Gasteiger partial charge on any atom is 0.573 e. The highest BCUT2D eigenvalue weighted by Gasteiger charge is 2.31. The highest BCUT2D eigenvalue weighted by molar-refractivity contribution is 5.77. The highest BCUT2D eigenvalue weighted by atomic mass is 19.4. The zero-order valence-corrected chi connectivity index (χ0v) is 10.1. The summed E-state index contributed by atoms with van der Waals surface area (Å²) in [6.45, 7) is 0. The topological polar surface area (TPSA) is 83.8 Å². The summed E-state index contributed by atoms with van der Waals surface area (Å²) in [4.78, 5) is 21.5. The van der Waals surface area contributed by atoms with Crippen LogP contribution in [0.25, 0.3) is 0 Å². The molecule has 1 unspecified atom stereocenters. The lowest BCUT2D eigenvalue weighted by Crippen LogP contribution is -2.17. The number of aliphatic carboxylic acids is 2. The van der Waals surface area contributed by atoms with Gasteiger partial charge in [-0.15, -0.1) is 13.2 Å². The van der Waals surface area contributed by atoms with Crippen molar-refractivity contribution in [2.75, 3.05) is 0 Å². The SMILES string of the molecule is O=C(O)CCC(C(=O)O)c1ccc(OC(F)(F)F)cc1. The van der Waals surface area contributed by atoms with E-state index in [-0.39, 0.29) is 18.4 Å². The fourth-order valence-corrected chi connectivity index (χ4v) is 1.60. The molecule has 0 aliphatic heterocycles. The largest absolute Gasteiger partial charge is 0.573 e. The van der Waals surface area contributed by atoms with Crippen LogP contribution >= 0.6 is 0 Å². The van der Waals surface area contributed by atoms with Gasteiger partial charge in [0.1, 0.15) is 5.75 Å². The average molecular weight is 292 g/mol. The lowest BCUT2D eigenvalue weighted by Gasteiger charge is -2.13. The van der Waals surface area contributed by atoms with Gasteiger partial charge in [0.25, 0.3) is 0 Å². The van der Waals surface area contributed by atoms with Gasteiger partial charge in [0.15, 0.2) is 0 Å². The van der Waals surface area contributed by atoms with E-state index in [1.165, 1.54) is 12.1 Å². The molecule has 1 aromatic carbocycles. The van der Waals surface area contributed by atoms with Gasteiger partial charge in [-0.25, -0.2) is 0 Å². The maximum atomic E-state index is 12.0. The number of carboxylic acid groups (broad SMARTS) is 2. The minimum Gasteiger partial charge on any atom is -0.481 e. The van der Waals surface area contributed by atoms with Crippen molar-refractivity contribution < 1.29 is 37.7 Å². The molecule has 0 bridgehead atoms. The highest BCUT2D eigenvalue weighted by Crippen LogP contribution is 2.27. The zero-order valence-electron chi connectivity index (χ0n) is 10.1. The summed E-state index contributed by atoms with van der Waals surface area (Å²) in [6.07, 6.45) is -5.32. The lowest BCUT2D eigenvalue weighted by atomic mass is 9.94. The molecule has 1 aromatic rings. The van der Waals surface area contributed by atoms with Crippen molar-refractivity contribution in [3.05, 3.63) is 29.8 Å². The number of rotatable bonds is 6. The van der Waals surface area contributed by atoms with Crippen LogP contribution < -0.4 is 4.74 Å². The summed E-state index contributed by atoms with van der Waals surface area (Å²) >= 11 is 0. The quantitative estimate of drug-likeness (QED) is 0.842. The molecule has 0 aromatic heterocycles. The number of carboxylic acids is 2. The van der Waals surface area contributed by atoms with Crippen molar-refractivity contribution in [3.8, 4) is 5.75 Å². The Bertz CT molecular complexity index is 481. The van der Waals surface area contributed by atoms with Gasteiger partial charge >= 0.3 is 18.3 Å². The number of benzene rings is 1. The predicted molar refractivity (Wildman–Crippen MR) is 60.4 cm³/mol. The van der Waals surface area contributed by atoms with Crippen LogP contribution in [0.1, 0.15) is 24.3 Å². The van der Waals surface area contributed by atoms with Gasteiger partial charge in [-0.1, -0.05) is 12.1 Å². The summed E-state index contributed by atoms with van der Waals surface area (Å²) in [5.41, 5.74) is 0.216. The van der Waals surface area contributed by atoms with Crippen LogP contribution in [0.4, 0.5) is 13.2 Å². The second-order valence-electron chi connectivity index (χ2n) is 3.94. The fraction of sp³-hybridized carbons (Fsp3) is 0.333. The van der Waals surface area contributed by atoms with Crippen LogP contribution in [0.5, 0.6) is 5.75 Å². The molecule has 2 N–H and O–H groups in total. The summed E-state index contributed by atoms with van der Waals surface area (Å²) in [5, 5.41) is 17.5. The summed E-state index contributed by atoms with van der Waals surface area (Å²) in [6, 6.07) is 4.31. The predicted octanol–water partition coefficient (Wildman–Crippen LogP) is 2.62. The van der Waals surface area contributed by atoms with E-state index in [0.29, 0.717) is 0 Å². The minimum atomic E-state index is -4.82. The molecule has 0 radical (unpaired) electrons. The second-order valence-corrected chi connectivity index (χ2v) is 3.94. The Kier molecular flexibility index (Phi) is 4.95. The van der Waals surface area contributed by atoms with Crippen molar-refractivity contribution in [1.29, 1.82) is 0 Å². The van der Waals surface area contributed by atoms with Crippen LogP contribution in [-0.2, 0) is 9.59 Å². The molecule has 0 saturated heterocycles. The molecular weight excluding hydrogens is 281 g/mol. The van der Waals surface area contributed by atoms with E-state index < -0.39 is 30.0 Å². The van der Waals surface area contributed by atoms with Gasteiger partial charge in [0.2, 0.25) is 0 Å². The molecule has 1 atom stereocenters. The molecule has 0 heterocycles. The van der Waals surface area contributed by atoms with E-state index >= 15 is 0 Å². The molecule has 0 spiro atoms. The second kappa shape index (κ2) is 6.27. The van der Waals surface area contributed by atoms with E-state index in [0.717, 1.165) is 12.1 Å². The number of alkyl halides is 3. The smallest absolute Gasteiger partial charge is 0.481 e. The normalized spacial score (nSPS) is 12.8. The molecule has 110 valence electrons. The summed E-state index contributed by atoms with van der Waals surface area (Å²) in [5.74, 6) is -3.95. The van der Waals surface area contributed by atoms with Crippen molar-refractivity contribution >= 4 is 11.9 Å². The summed E-state index contributed by atoms with van der Waals surface area (Å²) < 4.78 is 39.5. The third-order valence-electron chi connectivity index (χ3n) is 2.46. The standard InChI is InChI=1S/C12H11F3O5/c13-12(14,15)20-8-3-1-7(2-4-8)9(11(18)19)5-6-10(16)17/h1-4,9H,5-6H2,(H,16,17)(H,18,19). The Balaban J connectivity index is 2.82. The number of halogens is 3. The van der Waals surface area contributed by atoms with Crippen molar-refractivity contribution in [2.24, 2.45) is 0 Å². The van der Waals surface area contributed by atoms with Crippen LogP contribution in [0.15, 0.2) is 24.3 Å². The number of hydrogen-bond donors (Lipinski definition) is 2. The van der Waals surface area contributed by atoms with E-state index in [2.05, 4.69) is 4.74 Å². The van der Waals surface area contributed by atoms with Crippen LogP contribution in [-0.4, -0.2) is 28.5 Å². The maximum absolute atomic E-state index is 12.0. The van der Waals surface area contributed by atoms with Gasteiger partial charge in [-0.05, 0) is 24.1 Å². The van der Waals surface area contributed by atoms with E-state index in [9.17, 15) is 22.8 Å². The molecular formula is C12H11F3O5. The van der Waals surface area contributed by atoms with Gasteiger partial charge in [-0.3, -0.25) is 9.59 Å². The van der Waals surface area contributed by atoms with Crippen LogP contribution in [0, 0.1) is 0 Å². The number of carbonyl (C=O) groups is 2. The van der Waals surface area contributed by atoms with Gasteiger partial charge in [-0.2, -0.15) is 0 Å². The number of ether oxygens (including phenoxy) is 1. The van der Waals surface area contributed by atoms with E-state index in [4.69, 9.17) is 10.2 Å². The first-order valence-electron chi connectivity index (χ1n) is 5.49. The Morgan fingerprint density at radius 2 is 1.70 bits per heavy atom. The van der Waals surface area contributed by atoms with Gasteiger partial charge in [0.05, 0.1) is 5.92 Å². The van der Waals surface area contributed by atoms with Crippen molar-refractivity contribution in [1.82, 2.24) is 0 Å². The minimum absolute atomic E-state index is 0.149. The lowest BCUT2D eigenvalue weighted by molar-refractivity contribution is -0.274. The molecule has 8 heteroatoms. The fourth-order valence-electron chi connectivity index (χ4n) is 1.60. The Labute approximate surface area is 111 Å². The molecule has 0 aliphatic carbocycles.